The molecule has 0 saturated carbocycles. The Morgan fingerprint density at radius 3 is 2.80 bits per heavy atom. The number of hydrogen-bond acceptors (Lipinski definition) is 2. The van der Waals surface area contributed by atoms with E-state index in [0.29, 0.717) is 10.0 Å². The van der Waals surface area contributed by atoms with Crippen molar-refractivity contribution in [3.05, 3.63) is 58.2 Å². The van der Waals surface area contributed by atoms with E-state index in [1.165, 1.54) is 0 Å². The summed E-state index contributed by atoms with van der Waals surface area (Å²) in [5.41, 5.74) is 3.13. The third kappa shape index (κ3) is 2.47. The standard InChI is InChI=1S/C15H13Cl2N3/c1-9(10-5-6-12(16)13(17)7-10)19-14-3-2-4-15-11(14)8-18-20-15/h2-9,19H,1H3,(H,18,20). The van der Waals surface area contributed by atoms with Gasteiger partial charge in [-0.25, -0.2) is 0 Å². The van der Waals surface area contributed by atoms with Crippen molar-refractivity contribution in [2.24, 2.45) is 0 Å². The molecule has 1 heterocycles. The molecule has 3 aromatic rings. The molecule has 0 bridgehead atoms. The third-order valence-corrected chi connectivity index (χ3v) is 4.04. The number of nitrogens with zero attached hydrogens (tertiary/aromatic N) is 1. The summed E-state index contributed by atoms with van der Waals surface area (Å²) in [6.07, 6.45) is 1.82. The number of H-pyrrole nitrogens is 1. The van der Waals surface area contributed by atoms with E-state index in [4.69, 9.17) is 23.2 Å². The summed E-state index contributed by atoms with van der Waals surface area (Å²) in [7, 11) is 0. The first-order valence-corrected chi connectivity index (χ1v) is 7.04. The molecular formula is C15H13Cl2N3. The van der Waals surface area contributed by atoms with Crippen LogP contribution in [-0.4, -0.2) is 10.2 Å². The van der Waals surface area contributed by atoms with Crippen molar-refractivity contribution in [3.63, 3.8) is 0 Å². The first-order chi connectivity index (χ1) is 9.65. The summed E-state index contributed by atoms with van der Waals surface area (Å²) in [5.74, 6) is 0. The molecule has 2 N–H and O–H groups in total. The van der Waals surface area contributed by atoms with Crippen LogP contribution in [0.1, 0.15) is 18.5 Å². The molecule has 0 amide bonds. The molecule has 102 valence electrons. The van der Waals surface area contributed by atoms with Gasteiger partial charge in [-0.1, -0.05) is 35.3 Å². The second-order valence-corrected chi connectivity index (χ2v) is 5.49. The maximum Gasteiger partial charge on any atom is 0.0671 e. The fourth-order valence-electron chi connectivity index (χ4n) is 2.19. The van der Waals surface area contributed by atoms with Crippen LogP contribution in [0.15, 0.2) is 42.6 Å². The molecular weight excluding hydrogens is 293 g/mol. The van der Waals surface area contributed by atoms with Gasteiger partial charge in [0, 0.05) is 17.1 Å². The first kappa shape index (κ1) is 13.3. The van der Waals surface area contributed by atoms with Gasteiger partial charge in [-0.15, -0.1) is 0 Å². The average Bonchev–Trinajstić information content (AvgIpc) is 2.91. The van der Waals surface area contributed by atoms with Crippen LogP contribution in [0.3, 0.4) is 0 Å². The minimum Gasteiger partial charge on any atom is -0.378 e. The van der Waals surface area contributed by atoms with Crippen LogP contribution in [-0.2, 0) is 0 Å². The molecule has 2 aromatic carbocycles. The Morgan fingerprint density at radius 2 is 2.00 bits per heavy atom. The smallest absolute Gasteiger partial charge is 0.0671 e. The van der Waals surface area contributed by atoms with E-state index in [-0.39, 0.29) is 6.04 Å². The molecule has 0 spiro atoms. The lowest BCUT2D eigenvalue weighted by atomic mass is 10.1. The Labute approximate surface area is 126 Å². The van der Waals surface area contributed by atoms with Crippen LogP contribution < -0.4 is 5.32 Å². The number of aromatic nitrogens is 2. The number of benzene rings is 2. The van der Waals surface area contributed by atoms with Crippen molar-refractivity contribution in [3.8, 4) is 0 Å². The van der Waals surface area contributed by atoms with Crippen molar-refractivity contribution < 1.29 is 0 Å². The van der Waals surface area contributed by atoms with Gasteiger partial charge in [0.15, 0.2) is 0 Å². The molecule has 0 aliphatic heterocycles. The number of nitrogens with one attached hydrogen (secondary N) is 2. The predicted octanol–water partition coefficient (Wildman–Crippen LogP) is 5.04. The fourth-order valence-corrected chi connectivity index (χ4v) is 2.50. The van der Waals surface area contributed by atoms with E-state index in [1.807, 2.05) is 42.6 Å². The molecule has 0 aliphatic carbocycles. The van der Waals surface area contributed by atoms with Crippen LogP contribution in [0.2, 0.25) is 10.0 Å². The van der Waals surface area contributed by atoms with E-state index in [9.17, 15) is 0 Å². The van der Waals surface area contributed by atoms with Gasteiger partial charge < -0.3 is 5.32 Å². The number of rotatable bonds is 3. The van der Waals surface area contributed by atoms with Gasteiger partial charge in [0.25, 0.3) is 0 Å². The summed E-state index contributed by atoms with van der Waals surface area (Å²) in [4.78, 5) is 0. The summed E-state index contributed by atoms with van der Waals surface area (Å²) in [6, 6.07) is 11.8. The molecule has 3 rings (SSSR count). The van der Waals surface area contributed by atoms with Gasteiger partial charge in [0.1, 0.15) is 0 Å². The number of halogens is 2. The minimum atomic E-state index is 0.116. The van der Waals surface area contributed by atoms with Crippen LogP contribution >= 0.6 is 23.2 Å². The van der Waals surface area contributed by atoms with Gasteiger partial charge >= 0.3 is 0 Å². The highest BCUT2D eigenvalue weighted by Crippen LogP contribution is 2.29. The van der Waals surface area contributed by atoms with E-state index in [2.05, 4.69) is 22.4 Å². The highest BCUT2D eigenvalue weighted by atomic mass is 35.5. The topological polar surface area (TPSA) is 40.7 Å². The number of fused-ring (bicyclic) bond motifs is 1. The molecule has 0 aliphatic rings. The molecule has 1 aromatic heterocycles. The summed E-state index contributed by atoms with van der Waals surface area (Å²) in [6.45, 7) is 2.08. The normalized spacial score (nSPS) is 12.6. The quantitative estimate of drug-likeness (QED) is 0.711. The van der Waals surface area contributed by atoms with Gasteiger partial charge in [-0.05, 0) is 36.8 Å². The van der Waals surface area contributed by atoms with Crippen molar-refractivity contribution in [1.82, 2.24) is 10.2 Å². The van der Waals surface area contributed by atoms with Gasteiger partial charge in [-0.3, -0.25) is 5.10 Å². The van der Waals surface area contributed by atoms with Crippen molar-refractivity contribution >= 4 is 39.8 Å². The Morgan fingerprint density at radius 1 is 1.15 bits per heavy atom. The third-order valence-electron chi connectivity index (χ3n) is 3.30. The van der Waals surface area contributed by atoms with Gasteiger partial charge in [0.05, 0.1) is 21.8 Å². The molecule has 3 nitrogen and oxygen atoms in total. The van der Waals surface area contributed by atoms with Gasteiger partial charge in [0.2, 0.25) is 0 Å². The monoisotopic (exact) mass is 305 g/mol. The minimum absolute atomic E-state index is 0.116. The van der Waals surface area contributed by atoms with E-state index >= 15 is 0 Å². The fraction of sp³-hybridized carbons (Fsp3) is 0.133. The predicted molar refractivity (Wildman–Crippen MR) is 84.6 cm³/mol. The molecule has 5 heteroatoms. The Hall–Kier alpha value is -1.71. The van der Waals surface area contributed by atoms with E-state index in [0.717, 1.165) is 22.2 Å². The molecule has 20 heavy (non-hydrogen) atoms. The second-order valence-electron chi connectivity index (χ2n) is 4.68. The summed E-state index contributed by atoms with van der Waals surface area (Å²) >= 11 is 12.0. The Bertz CT molecular complexity index is 752. The molecule has 0 fully saturated rings. The Balaban J connectivity index is 1.90. The zero-order valence-corrected chi connectivity index (χ0v) is 12.3. The van der Waals surface area contributed by atoms with Crippen LogP contribution in [0.25, 0.3) is 10.9 Å². The molecule has 0 radical (unpaired) electrons. The lowest BCUT2D eigenvalue weighted by Gasteiger charge is -2.17. The summed E-state index contributed by atoms with van der Waals surface area (Å²) in [5, 5.41) is 12.7. The van der Waals surface area contributed by atoms with Crippen LogP contribution in [0, 0.1) is 0 Å². The van der Waals surface area contributed by atoms with Crippen molar-refractivity contribution in [2.45, 2.75) is 13.0 Å². The number of anilines is 1. The maximum atomic E-state index is 6.06. The van der Waals surface area contributed by atoms with Crippen LogP contribution in [0.5, 0.6) is 0 Å². The van der Waals surface area contributed by atoms with Crippen molar-refractivity contribution in [2.75, 3.05) is 5.32 Å². The zero-order valence-electron chi connectivity index (χ0n) is 10.8. The lowest BCUT2D eigenvalue weighted by Crippen LogP contribution is -2.06. The largest absolute Gasteiger partial charge is 0.378 e. The average molecular weight is 306 g/mol. The Kier molecular flexibility index (Phi) is 3.55. The first-order valence-electron chi connectivity index (χ1n) is 6.29. The summed E-state index contributed by atoms with van der Waals surface area (Å²) < 4.78 is 0. The molecule has 0 saturated heterocycles. The lowest BCUT2D eigenvalue weighted by molar-refractivity contribution is 0.887. The van der Waals surface area contributed by atoms with Gasteiger partial charge in [-0.2, -0.15) is 5.10 Å². The van der Waals surface area contributed by atoms with Crippen LogP contribution in [0.4, 0.5) is 5.69 Å². The number of aromatic amines is 1. The van der Waals surface area contributed by atoms with E-state index < -0.39 is 0 Å². The zero-order chi connectivity index (χ0) is 14.1. The highest BCUT2D eigenvalue weighted by molar-refractivity contribution is 6.42. The molecule has 1 unspecified atom stereocenters. The highest BCUT2D eigenvalue weighted by Gasteiger charge is 2.10. The SMILES string of the molecule is CC(Nc1cccc2[nH]ncc12)c1ccc(Cl)c(Cl)c1. The molecule has 1 atom stereocenters. The van der Waals surface area contributed by atoms with Crippen molar-refractivity contribution in [1.29, 1.82) is 0 Å². The maximum absolute atomic E-state index is 6.06. The number of hydrogen-bond donors (Lipinski definition) is 2. The second kappa shape index (κ2) is 5.35. The van der Waals surface area contributed by atoms with E-state index in [1.54, 1.807) is 0 Å².